The number of hydrogen-bond donors (Lipinski definition) is 1. The van der Waals surface area contributed by atoms with Crippen LogP contribution in [0.25, 0.3) is 0 Å². The third-order valence-electron chi connectivity index (χ3n) is 3.67. The lowest BCUT2D eigenvalue weighted by molar-refractivity contribution is -0.144. The van der Waals surface area contributed by atoms with E-state index in [1.165, 1.54) is 11.3 Å². The maximum absolute atomic E-state index is 12.1. The monoisotopic (exact) mass is 267 g/mol. The second-order valence-electron chi connectivity index (χ2n) is 4.95. The summed E-state index contributed by atoms with van der Waals surface area (Å²) in [6.45, 7) is 6.81. The molecule has 98 valence electrons. The molecule has 0 aromatic carbocycles. The van der Waals surface area contributed by atoms with Gasteiger partial charge in [-0.3, -0.25) is 9.59 Å². The average Bonchev–Trinajstić information content (AvgIpc) is 2.56. The number of likely N-dealkylation sites (tertiary alicyclic amines) is 1. The third kappa shape index (κ3) is 2.27. The molecular formula is C13H17NO3S. The number of thiophene rings is 1. The summed E-state index contributed by atoms with van der Waals surface area (Å²) in [6.07, 6.45) is 0. The first-order valence-electron chi connectivity index (χ1n) is 5.99. The zero-order valence-corrected chi connectivity index (χ0v) is 11.6. The molecule has 1 aliphatic rings. The highest BCUT2D eigenvalue weighted by molar-refractivity contribution is 7.14. The van der Waals surface area contributed by atoms with E-state index in [0.29, 0.717) is 13.1 Å². The second kappa shape index (κ2) is 4.72. The maximum atomic E-state index is 12.1. The van der Waals surface area contributed by atoms with E-state index in [9.17, 15) is 9.59 Å². The topological polar surface area (TPSA) is 57.6 Å². The zero-order chi connectivity index (χ0) is 13.4. The molecule has 0 aliphatic carbocycles. The van der Waals surface area contributed by atoms with Gasteiger partial charge in [0.05, 0.1) is 10.8 Å². The van der Waals surface area contributed by atoms with Gasteiger partial charge in [-0.15, -0.1) is 11.3 Å². The molecular weight excluding hydrogens is 250 g/mol. The van der Waals surface area contributed by atoms with Crippen molar-refractivity contribution in [2.45, 2.75) is 20.8 Å². The maximum Gasteiger partial charge on any atom is 0.306 e. The predicted octanol–water partition coefficient (Wildman–Crippen LogP) is 2.16. The van der Waals surface area contributed by atoms with E-state index in [1.807, 2.05) is 19.9 Å². The van der Waals surface area contributed by atoms with Crippen LogP contribution in [0.15, 0.2) is 6.07 Å². The van der Waals surface area contributed by atoms with Gasteiger partial charge in [-0.25, -0.2) is 0 Å². The van der Waals surface area contributed by atoms with Gasteiger partial charge in [0.2, 0.25) is 0 Å². The van der Waals surface area contributed by atoms with Crippen molar-refractivity contribution in [3.05, 3.63) is 21.4 Å². The predicted molar refractivity (Wildman–Crippen MR) is 70.0 cm³/mol. The lowest BCUT2D eigenvalue weighted by Crippen LogP contribution is -2.53. The molecule has 0 bridgehead atoms. The number of aliphatic carboxylic acids is 1. The summed E-state index contributed by atoms with van der Waals surface area (Å²) in [4.78, 5) is 26.6. The van der Waals surface area contributed by atoms with Gasteiger partial charge in [0.1, 0.15) is 0 Å². The fourth-order valence-corrected chi connectivity index (χ4v) is 3.03. The molecule has 1 saturated heterocycles. The number of aryl methyl sites for hydroxylation is 2. The van der Waals surface area contributed by atoms with E-state index < -0.39 is 5.97 Å². The first-order chi connectivity index (χ1) is 8.40. The van der Waals surface area contributed by atoms with Crippen LogP contribution in [0.2, 0.25) is 0 Å². The summed E-state index contributed by atoms with van der Waals surface area (Å²) in [5, 5.41) is 8.90. The number of rotatable bonds is 3. The van der Waals surface area contributed by atoms with Crippen molar-refractivity contribution in [3.63, 3.8) is 0 Å². The molecule has 1 N–H and O–H groups in total. The quantitative estimate of drug-likeness (QED) is 0.913. The minimum absolute atomic E-state index is 0.0324. The Bertz CT molecular complexity index is 469. The minimum Gasteiger partial charge on any atom is -0.481 e. The molecule has 1 aromatic heterocycles. The van der Waals surface area contributed by atoms with Crippen molar-refractivity contribution in [3.8, 4) is 0 Å². The Morgan fingerprint density at radius 2 is 2.06 bits per heavy atom. The van der Waals surface area contributed by atoms with E-state index in [2.05, 4.69) is 0 Å². The SMILES string of the molecule is Cc1cc(C(=O)N2CC(C(C)C(=O)O)C2)sc1C. The van der Waals surface area contributed by atoms with Gasteiger partial charge in [0, 0.05) is 23.9 Å². The number of carboxylic acid groups (broad SMARTS) is 1. The summed E-state index contributed by atoms with van der Waals surface area (Å²) in [6, 6.07) is 1.91. The highest BCUT2D eigenvalue weighted by atomic mass is 32.1. The molecule has 0 radical (unpaired) electrons. The van der Waals surface area contributed by atoms with E-state index in [0.717, 1.165) is 15.3 Å². The highest BCUT2D eigenvalue weighted by Gasteiger charge is 2.37. The smallest absolute Gasteiger partial charge is 0.306 e. The summed E-state index contributed by atoms with van der Waals surface area (Å²) in [5.41, 5.74) is 1.14. The Balaban J connectivity index is 1.96. The lowest BCUT2D eigenvalue weighted by atomic mass is 9.87. The van der Waals surface area contributed by atoms with Crippen LogP contribution in [-0.4, -0.2) is 35.0 Å². The molecule has 1 aromatic rings. The number of carboxylic acids is 1. The summed E-state index contributed by atoms with van der Waals surface area (Å²) in [5.74, 6) is -1.03. The fraction of sp³-hybridized carbons (Fsp3) is 0.538. The van der Waals surface area contributed by atoms with Gasteiger partial charge in [-0.2, -0.15) is 0 Å². The highest BCUT2D eigenvalue weighted by Crippen LogP contribution is 2.28. The molecule has 1 amide bonds. The number of carbonyl (C=O) groups is 2. The van der Waals surface area contributed by atoms with Crippen LogP contribution in [0, 0.1) is 25.7 Å². The van der Waals surface area contributed by atoms with Crippen molar-refractivity contribution in [2.75, 3.05) is 13.1 Å². The van der Waals surface area contributed by atoms with E-state index in [4.69, 9.17) is 5.11 Å². The van der Waals surface area contributed by atoms with Crippen LogP contribution in [0.3, 0.4) is 0 Å². The Labute approximate surface area is 110 Å². The summed E-state index contributed by atoms with van der Waals surface area (Å²) in [7, 11) is 0. The van der Waals surface area contributed by atoms with E-state index >= 15 is 0 Å². The molecule has 1 fully saturated rings. The third-order valence-corrected chi connectivity index (χ3v) is 4.81. The van der Waals surface area contributed by atoms with Gasteiger partial charge < -0.3 is 10.0 Å². The van der Waals surface area contributed by atoms with Gasteiger partial charge in [-0.1, -0.05) is 6.92 Å². The van der Waals surface area contributed by atoms with Crippen LogP contribution >= 0.6 is 11.3 Å². The van der Waals surface area contributed by atoms with E-state index in [-0.39, 0.29) is 17.7 Å². The largest absolute Gasteiger partial charge is 0.481 e. The molecule has 2 heterocycles. The Hall–Kier alpha value is -1.36. The second-order valence-corrected chi connectivity index (χ2v) is 6.20. The van der Waals surface area contributed by atoms with Crippen LogP contribution in [0.5, 0.6) is 0 Å². The molecule has 1 aliphatic heterocycles. The standard InChI is InChI=1S/C13H17NO3S/c1-7-4-11(18-9(7)3)12(15)14-5-10(6-14)8(2)13(16)17/h4,8,10H,5-6H2,1-3H3,(H,16,17). The average molecular weight is 267 g/mol. The van der Waals surface area contributed by atoms with Crippen molar-refractivity contribution >= 4 is 23.2 Å². The normalized spacial score (nSPS) is 17.4. The molecule has 0 saturated carbocycles. The first-order valence-corrected chi connectivity index (χ1v) is 6.81. The number of amides is 1. The number of nitrogens with zero attached hydrogens (tertiary/aromatic N) is 1. The van der Waals surface area contributed by atoms with Crippen LogP contribution in [-0.2, 0) is 4.79 Å². The van der Waals surface area contributed by atoms with E-state index in [1.54, 1.807) is 11.8 Å². The Kier molecular flexibility index (Phi) is 3.43. The van der Waals surface area contributed by atoms with Crippen molar-refractivity contribution < 1.29 is 14.7 Å². The Morgan fingerprint density at radius 1 is 1.44 bits per heavy atom. The molecule has 2 rings (SSSR count). The van der Waals surface area contributed by atoms with Gasteiger partial charge in [-0.05, 0) is 25.5 Å². The minimum atomic E-state index is -0.782. The van der Waals surface area contributed by atoms with Crippen LogP contribution in [0.4, 0.5) is 0 Å². The van der Waals surface area contributed by atoms with Crippen molar-refractivity contribution in [1.82, 2.24) is 4.90 Å². The lowest BCUT2D eigenvalue weighted by Gasteiger charge is -2.41. The molecule has 1 atom stereocenters. The molecule has 18 heavy (non-hydrogen) atoms. The molecule has 4 nitrogen and oxygen atoms in total. The summed E-state index contributed by atoms with van der Waals surface area (Å²) >= 11 is 1.51. The first kappa shape index (κ1) is 13.1. The van der Waals surface area contributed by atoms with Crippen molar-refractivity contribution in [2.24, 2.45) is 11.8 Å². The molecule has 0 spiro atoms. The summed E-state index contributed by atoms with van der Waals surface area (Å²) < 4.78 is 0. The molecule has 5 heteroatoms. The number of hydrogen-bond acceptors (Lipinski definition) is 3. The van der Waals surface area contributed by atoms with Crippen LogP contribution < -0.4 is 0 Å². The zero-order valence-electron chi connectivity index (χ0n) is 10.8. The van der Waals surface area contributed by atoms with Gasteiger partial charge in [0.15, 0.2) is 0 Å². The van der Waals surface area contributed by atoms with Gasteiger partial charge in [0.25, 0.3) is 5.91 Å². The fourth-order valence-electron chi connectivity index (χ4n) is 2.03. The Morgan fingerprint density at radius 3 is 2.50 bits per heavy atom. The number of carbonyl (C=O) groups excluding carboxylic acids is 1. The van der Waals surface area contributed by atoms with Gasteiger partial charge >= 0.3 is 5.97 Å². The van der Waals surface area contributed by atoms with Crippen molar-refractivity contribution in [1.29, 1.82) is 0 Å². The van der Waals surface area contributed by atoms with Crippen LogP contribution in [0.1, 0.15) is 27.0 Å². The molecule has 1 unspecified atom stereocenters.